The van der Waals surface area contributed by atoms with Gasteiger partial charge in [0.1, 0.15) is 5.75 Å². The Morgan fingerprint density at radius 3 is 2.67 bits per heavy atom. The lowest BCUT2D eigenvalue weighted by atomic mass is 10.1. The summed E-state index contributed by atoms with van der Waals surface area (Å²) in [5.41, 5.74) is 0.961. The van der Waals surface area contributed by atoms with Gasteiger partial charge in [0.25, 0.3) is 0 Å². The van der Waals surface area contributed by atoms with Gasteiger partial charge >= 0.3 is 6.09 Å². The first kappa shape index (κ1) is 15.0. The van der Waals surface area contributed by atoms with E-state index in [0.717, 1.165) is 23.4 Å². The Kier molecular flexibility index (Phi) is 4.05. The number of fused-ring (bicyclic) bond motifs is 1. The van der Waals surface area contributed by atoms with Crippen LogP contribution < -0.4 is 4.74 Å². The van der Waals surface area contributed by atoms with E-state index >= 15 is 0 Å². The minimum absolute atomic E-state index is 0.315. The van der Waals surface area contributed by atoms with Crippen molar-refractivity contribution in [1.29, 1.82) is 0 Å². The summed E-state index contributed by atoms with van der Waals surface area (Å²) in [4.78, 5) is 15.5. The number of rotatable bonds is 2. The molecular weight excluding hydrogens is 318 g/mol. The van der Waals surface area contributed by atoms with Crippen LogP contribution in [-0.4, -0.2) is 17.5 Å². The SMILES string of the molecule is O=C(Oc1ccccc1)N1CCCC=C1c1cc2ccccc2s1. The number of allylic oxidation sites excluding steroid dienone is 1. The molecule has 1 amide bonds. The molecule has 1 aliphatic rings. The van der Waals surface area contributed by atoms with Crippen molar-refractivity contribution in [1.82, 2.24) is 4.90 Å². The van der Waals surface area contributed by atoms with Gasteiger partial charge in [0.15, 0.2) is 0 Å². The van der Waals surface area contributed by atoms with Crippen LogP contribution in [0.15, 0.2) is 66.7 Å². The summed E-state index contributed by atoms with van der Waals surface area (Å²) in [5, 5.41) is 1.21. The van der Waals surface area contributed by atoms with Crippen LogP contribution in [0.1, 0.15) is 17.7 Å². The molecule has 0 unspecified atom stereocenters. The highest BCUT2D eigenvalue weighted by Crippen LogP contribution is 2.34. The Labute approximate surface area is 144 Å². The molecule has 3 aromatic rings. The van der Waals surface area contributed by atoms with E-state index in [0.29, 0.717) is 12.3 Å². The van der Waals surface area contributed by atoms with Gasteiger partial charge in [0.05, 0.1) is 10.6 Å². The van der Waals surface area contributed by atoms with Crippen molar-refractivity contribution < 1.29 is 9.53 Å². The summed E-state index contributed by atoms with van der Waals surface area (Å²) in [6, 6.07) is 19.7. The molecule has 2 aromatic carbocycles. The van der Waals surface area contributed by atoms with Crippen molar-refractivity contribution in [3.63, 3.8) is 0 Å². The zero-order valence-electron chi connectivity index (χ0n) is 13.1. The molecule has 0 saturated carbocycles. The number of hydrogen-bond acceptors (Lipinski definition) is 3. The fraction of sp³-hybridized carbons (Fsp3) is 0.150. The monoisotopic (exact) mass is 335 g/mol. The topological polar surface area (TPSA) is 29.5 Å². The first-order chi connectivity index (χ1) is 11.8. The van der Waals surface area contributed by atoms with Gasteiger partial charge < -0.3 is 4.74 Å². The zero-order valence-corrected chi connectivity index (χ0v) is 14.0. The van der Waals surface area contributed by atoms with E-state index in [1.807, 2.05) is 30.3 Å². The normalized spacial score (nSPS) is 14.5. The molecule has 0 fully saturated rings. The summed E-state index contributed by atoms with van der Waals surface area (Å²) in [5.74, 6) is 0.573. The fourth-order valence-corrected chi connectivity index (χ4v) is 4.01. The number of benzene rings is 2. The lowest BCUT2D eigenvalue weighted by molar-refractivity contribution is 0.171. The molecule has 0 atom stereocenters. The summed E-state index contributed by atoms with van der Waals surface area (Å²) >= 11 is 1.71. The van der Waals surface area contributed by atoms with Crippen LogP contribution in [0, 0.1) is 0 Å². The van der Waals surface area contributed by atoms with Crippen molar-refractivity contribution in [2.45, 2.75) is 12.8 Å². The lowest BCUT2D eigenvalue weighted by Crippen LogP contribution is -2.34. The Balaban J connectivity index is 1.63. The fourth-order valence-electron chi connectivity index (χ4n) is 2.89. The number of amides is 1. The van der Waals surface area contributed by atoms with E-state index in [1.54, 1.807) is 28.4 Å². The molecule has 0 saturated heterocycles. The smallest absolute Gasteiger partial charge is 0.410 e. The van der Waals surface area contributed by atoms with Crippen molar-refractivity contribution in [2.75, 3.05) is 6.54 Å². The highest BCUT2D eigenvalue weighted by atomic mass is 32.1. The largest absolute Gasteiger partial charge is 0.419 e. The number of carbonyl (C=O) groups is 1. The predicted octanol–water partition coefficient (Wildman–Crippen LogP) is 5.54. The third-order valence-corrected chi connectivity index (χ3v) is 5.20. The number of thiophene rings is 1. The van der Waals surface area contributed by atoms with E-state index in [9.17, 15) is 4.79 Å². The molecular formula is C20H17NO2S. The quantitative estimate of drug-likeness (QED) is 0.615. The number of para-hydroxylation sites is 1. The standard InChI is InChI=1S/C20H17NO2S/c22-20(23-16-9-2-1-3-10-16)21-13-7-6-11-17(21)19-14-15-8-4-5-12-18(15)24-19/h1-5,8-12,14H,6-7,13H2. The molecule has 120 valence electrons. The third-order valence-electron chi connectivity index (χ3n) is 4.06. The third kappa shape index (κ3) is 2.93. The Morgan fingerprint density at radius 1 is 1.04 bits per heavy atom. The van der Waals surface area contributed by atoms with Gasteiger partial charge in [-0.2, -0.15) is 0 Å². The van der Waals surface area contributed by atoms with Crippen LogP contribution in [0.5, 0.6) is 5.75 Å². The van der Waals surface area contributed by atoms with Crippen molar-refractivity contribution >= 4 is 33.2 Å². The number of ether oxygens (including phenoxy) is 1. The van der Waals surface area contributed by atoms with Crippen LogP contribution in [-0.2, 0) is 0 Å². The molecule has 24 heavy (non-hydrogen) atoms. The molecule has 4 rings (SSSR count). The summed E-state index contributed by atoms with van der Waals surface area (Å²) in [7, 11) is 0. The van der Waals surface area contributed by atoms with Crippen molar-refractivity contribution in [3.8, 4) is 5.75 Å². The molecule has 0 bridgehead atoms. The maximum atomic E-state index is 12.6. The van der Waals surface area contributed by atoms with Crippen LogP contribution in [0.25, 0.3) is 15.8 Å². The number of carbonyl (C=O) groups excluding carboxylic acids is 1. The molecule has 2 heterocycles. The molecule has 0 spiro atoms. The van der Waals surface area contributed by atoms with Gasteiger partial charge in [-0.1, -0.05) is 42.5 Å². The summed E-state index contributed by atoms with van der Waals surface area (Å²) in [6.45, 7) is 0.686. The Hall–Kier alpha value is -2.59. The van der Waals surface area contributed by atoms with Gasteiger partial charge in [-0.3, -0.25) is 4.90 Å². The van der Waals surface area contributed by atoms with Gasteiger partial charge in [0, 0.05) is 11.2 Å². The molecule has 3 nitrogen and oxygen atoms in total. The zero-order chi connectivity index (χ0) is 16.4. The highest BCUT2D eigenvalue weighted by Gasteiger charge is 2.24. The lowest BCUT2D eigenvalue weighted by Gasteiger charge is -2.27. The van der Waals surface area contributed by atoms with Crippen LogP contribution in [0.2, 0.25) is 0 Å². The first-order valence-electron chi connectivity index (χ1n) is 8.05. The average Bonchev–Trinajstić information content (AvgIpc) is 3.06. The molecule has 0 aliphatic carbocycles. The van der Waals surface area contributed by atoms with Crippen LogP contribution >= 0.6 is 11.3 Å². The molecule has 1 aliphatic heterocycles. The maximum absolute atomic E-state index is 12.6. The average molecular weight is 335 g/mol. The van der Waals surface area contributed by atoms with E-state index in [-0.39, 0.29) is 6.09 Å². The number of nitrogens with zero attached hydrogens (tertiary/aromatic N) is 1. The van der Waals surface area contributed by atoms with Crippen molar-refractivity contribution in [2.24, 2.45) is 0 Å². The van der Waals surface area contributed by atoms with Gasteiger partial charge in [0.2, 0.25) is 0 Å². The van der Waals surface area contributed by atoms with Crippen LogP contribution in [0.3, 0.4) is 0 Å². The summed E-state index contributed by atoms with van der Waals surface area (Å²) in [6.07, 6.45) is 3.77. The van der Waals surface area contributed by atoms with E-state index in [2.05, 4.69) is 24.3 Å². The second kappa shape index (κ2) is 6.49. The van der Waals surface area contributed by atoms with E-state index in [1.165, 1.54) is 10.1 Å². The first-order valence-corrected chi connectivity index (χ1v) is 8.86. The second-order valence-corrected chi connectivity index (χ2v) is 6.80. The van der Waals surface area contributed by atoms with Crippen molar-refractivity contribution in [3.05, 3.63) is 71.6 Å². The van der Waals surface area contributed by atoms with Crippen LogP contribution in [0.4, 0.5) is 4.79 Å². The second-order valence-electron chi connectivity index (χ2n) is 5.71. The number of hydrogen-bond donors (Lipinski definition) is 0. The van der Waals surface area contributed by atoms with Gasteiger partial charge in [-0.15, -0.1) is 11.3 Å². The molecule has 1 aromatic heterocycles. The minimum Gasteiger partial charge on any atom is -0.410 e. The van der Waals surface area contributed by atoms with E-state index in [4.69, 9.17) is 4.74 Å². The maximum Gasteiger partial charge on any atom is 0.419 e. The van der Waals surface area contributed by atoms with E-state index < -0.39 is 0 Å². The molecule has 4 heteroatoms. The minimum atomic E-state index is -0.315. The summed E-state index contributed by atoms with van der Waals surface area (Å²) < 4.78 is 6.76. The predicted molar refractivity (Wildman–Crippen MR) is 98.2 cm³/mol. The van der Waals surface area contributed by atoms with Gasteiger partial charge in [-0.25, -0.2) is 4.79 Å². The Morgan fingerprint density at radius 2 is 1.83 bits per heavy atom. The molecule has 0 N–H and O–H groups in total. The van der Waals surface area contributed by atoms with Gasteiger partial charge in [-0.05, 0) is 42.5 Å². The Bertz CT molecular complexity index is 865. The highest BCUT2D eigenvalue weighted by molar-refractivity contribution is 7.20. The molecule has 0 radical (unpaired) electrons.